The minimum Gasteiger partial charge on any atom is -0.337 e. The van der Waals surface area contributed by atoms with Crippen molar-refractivity contribution in [1.82, 2.24) is 4.98 Å². The molecule has 0 atom stereocenters. The molecule has 0 spiro atoms. The van der Waals surface area contributed by atoms with Gasteiger partial charge in [-0.2, -0.15) is 0 Å². The second kappa shape index (κ2) is 7.13. The minimum absolute atomic E-state index is 0.266. The summed E-state index contributed by atoms with van der Waals surface area (Å²) < 4.78 is 13.9. The van der Waals surface area contributed by atoms with E-state index in [1.54, 1.807) is 36.5 Å². The Kier molecular flexibility index (Phi) is 4.75. The molecular formula is C20H18FN3O. The number of pyridine rings is 1. The molecule has 2 aromatic carbocycles. The number of anilines is 3. The van der Waals surface area contributed by atoms with Crippen LogP contribution in [-0.4, -0.2) is 10.9 Å². The number of hydrogen-bond donors (Lipinski definition) is 2. The van der Waals surface area contributed by atoms with Crippen molar-refractivity contribution in [3.63, 3.8) is 0 Å². The topological polar surface area (TPSA) is 54.0 Å². The lowest BCUT2D eigenvalue weighted by molar-refractivity contribution is 0.102. The Labute approximate surface area is 145 Å². The fourth-order valence-corrected chi connectivity index (χ4v) is 2.57. The van der Waals surface area contributed by atoms with Crippen LogP contribution in [0.5, 0.6) is 0 Å². The molecule has 25 heavy (non-hydrogen) atoms. The van der Waals surface area contributed by atoms with Crippen LogP contribution in [0.15, 0.2) is 60.8 Å². The first-order valence-corrected chi connectivity index (χ1v) is 7.90. The maximum atomic E-state index is 13.9. The molecule has 0 bridgehead atoms. The normalized spacial score (nSPS) is 10.4. The number of halogens is 1. The van der Waals surface area contributed by atoms with E-state index in [9.17, 15) is 9.18 Å². The molecule has 0 aliphatic carbocycles. The molecule has 0 saturated heterocycles. The number of aromatic nitrogens is 1. The fraction of sp³-hybridized carbons (Fsp3) is 0.100. The van der Waals surface area contributed by atoms with Crippen molar-refractivity contribution in [2.24, 2.45) is 0 Å². The molecule has 3 rings (SSSR count). The lowest BCUT2D eigenvalue weighted by Gasteiger charge is -2.14. The first kappa shape index (κ1) is 16.6. The van der Waals surface area contributed by atoms with Crippen LogP contribution in [0.1, 0.15) is 21.5 Å². The highest BCUT2D eigenvalue weighted by atomic mass is 19.1. The van der Waals surface area contributed by atoms with Crippen LogP contribution in [0.4, 0.5) is 21.6 Å². The van der Waals surface area contributed by atoms with Crippen molar-refractivity contribution in [2.75, 3.05) is 10.6 Å². The highest BCUT2D eigenvalue weighted by Crippen LogP contribution is 2.24. The van der Waals surface area contributed by atoms with Gasteiger partial charge in [-0.1, -0.05) is 30.3 Å². The molecule has 0 fully saturated rings. The Bertz CT molecular complexity index is 904. The Morgan fingerprint density at radius 2 is 1.68 bits per heavy atom. The highest BCUT2D eigenvalue weighted by Gasteiger charge is 2.15. The van der Waals surface area contributed by atoms with Gasteiger partial charge in [0.25, 0.3) is 5.91 Å². The number of nitrogens with zero attached hydrogens (tertiary/aromatic N) is 1. The molecule has 0 aliphatic rings. The van der Waals surface area contributed by atoms with E-state index in [1.807, 2.05) is 32.0 Å². The van der Waals surface area contributed by atoms with Gasteiger partial charge >= 0.3 is 0 Å². The number of hydrogen-bond acceptors (Lipinski definition) is 3. The molecule has 4 nitrogen and oxygen atoms in total. The molecule has 3 aromatic rings. The van der Waals surface area contributed by atoms with Crippen LogP contribution < -0.4 is 10.6 Å². The number of para-hydroxylation sites is 2. The maximum absolute atomic E-state index is 13.9. The molecule has 0 saturated carbocycles. The van der Waals surface area contributed by atoms with Crippen LogP contribution in [-0.2, 0) is 0 Å². The lowest BCUT2D eigenvalue weighted by Crippen LogP contribution is -2.16. The zero-order valence-electron chi connectivity index (χ0n) is 14.0. The smallest absolute Gasteiger partial charge is 0.259 e. The molecule has 1 amide bonds. The van der Waals surface area contributed by atoms with Gasteiger partial charge in [-0.05, 0) is 49.2 Å². The van der Waals surface area contributed by atoms with E-state index >= 15 is 0 Å². The van der Waals surface area contributed by atoms with Crippen molar-refractivity contribution < 1.29 is 9.18 Å². The van der Waals surface area contributed by atoms with Crippen molar-refractivity contribution in [1.29, 1.82) is 0 Å². The summed E-state index contributed by atoms with van der Waals surface area (Å²) in [4.78, 5) is 16.9. The predicted molar refractivity (Wildman–Crippen MR) is 97.8 cm³/mol. The van der Waals surface area contributed by atoms with E-state index in [1.165, 1.54) is 6.07 Å². The van der Waals surface area contributed by atoms with Gasteiger partial charge in [0.05, 0.1) is 11.3 Å². The average molecular weight is 335 g/mol. The summed E-state index contributed by atoms with van der Waals surface area (Å²) >= 11 is 0. The molecule has 1 heterocycles. The second-order valence-corrected chi connectivity index (χ2v) is 5.73. The number of carbonyl (C=O) groups excluding carboxylic acids is 1. The van der Waals surface area contributed by atoms with Gasteiger partial charge in [-0.3, -0.25) is 4.79 Å². The average Bonchev–Trinajstić information content (AvgIpc) is 2.60. The first-order chi connectivity index (χ1) is 12.1. The predicted octanol–water partition coefficient (Wildman–Crippen LogP) is 4.83. The Morgan fingerprint density at radius 3 is 2.40 bits per heavy atom. The third-order valence-corrected chi connectivity index (χ3v) is 3.90. The van der Waals surface area contributed by atoms with Crippen molar-refractivity contribution in [3.8, 4) is 0 Å². The third kappa shape index (κ3) is 3.66. The zero-order chi connectivity index (χ0) is 17.8. The van der Waals surface area contributed by atoms with E-state index < -0.39 is 5.82 Å². The number of amides is 1. The number of benzene rings is 2. The summed E-state index contributed by atoms with van der Waals surface area (Å²) in [5.74, 6) is -0.407. The summed E-state index contributed by atoms with van der Waals surface area (Å²) in [6.45, 7) is 3.87. The fourth-order valence-electron chi connectivity index (χ4n) is 2.57. The molecule has 5 heteroatoms. The minimum atomic E-state index is -0.408. The van der Waals surface area contributed by atoms with Crippen LogP contribution in [0.25, 0.3) is 0 Å². The standard InChI is InChI=1S/C20H18FN3O/c1-13-7-5-8-14(2)18(13)24-20(25)15-9-6-12-22-19(15)23-17-11-4-3-10-16(17)21/h3-12H,1-2H3,(H,22,23)(H,24,25). The lowest BCUT2D eigenvalue weighted by atomic mass is 10.1. The number of carbonyl (C=O) groups is 1. The molecule has 0 unspecified atom stereocenters. The Balaban J connectivity index is 1.90. The van der Waals surface area contributed by atoms with Crippen molar-refractivity contribution in [3.05, 3.63) is 83.3 Å². The maximum Gasteiger partial charge on any atom is 0.259 e. The van der Waals surface area contributed by atoms with E-state index in [2.05, 4.69) is 15.6 Å². The highest BCUT2D eigenvalue weighted by molar-refractivity contribution is 6.08. The second-order valence-electron chi connectivity index (χ2n) is 5.73. The number of rotatable bonds is 4. The molecule has 0 radical (unpaired) electrons. The van der Waals surface area contributed by atoms with Crippen molar-refractivity contribution >= 4 is 23.1 Å². The van der Waals surface area contributed by atoms with E-state index in [4.69, 9.17) is 0 Å². The van der Waals surface area contributed by atoms with E-state index in [-0.39, 0.29) is 11.6 Å². The van der Waals surface area contributed by atoms with Gasteiger partial charge in [-0.15, -0.1) is 0 Å². The van der Waals surface area contributed by atoms with Gasteiger partial charge in [0.2, 0.25) is 0 Å². The van der Waals surface area contributed by atoms with Gasteiger partial charge in [0.1, 0.15) is 11.6 Å². The number of nitrogens with one attached hydrogen (secondary N) is 2. The van der Waals surface area contributed by atoms with E-state index in [0.29, 0.717) is 11.4 Å². The van der Waals surface area contributed by atoms with E-state index in [0.717, 1.165) is 16.8 Å². The zero-order valence-corrected chi connectivity index (χ0v) is 14.0. The molecule has 2 N–H and O–H groups in total. The van der Waals surface area contributed by atoms with Crippen molar-refractivity contribution in [2.45, 2.75) is 13.8 Å². The molecule has 1 aromatic heterocycles. The number of aryl methyl sites for hydroxylation is 2. The van der Waals surface area contributed by atoms with Crippen LogP contribution in [0.2, 0.25) is 0 Å². The van der Waals surface area contributed by atoms with Crippen LogP contribution in [0, 0.1) is 19.7 Å². The quantitative estimate of drug-likeness (QED) is 0.718. The summed E-state index contributed by atoms with van der Waals surface area (Å²) in [5, 5.41) is 5.81. The summed E-state index contributed by atoms with van der Waals surface area (Å²) in [6, 6.07) is 15.4. The third-order valence-electron chi connectivity index (χ3n) is 3.90. The van der Waals surface area contributed by atoms with Gasteiger partial charge in [0, 0.05) is 11.9 Å². The summed E-state index contributed by atoms with van der Waals surface area (Å²) in [7, 11) is 0. The summed E-state index contributed by atoms with van der Waals surface area (Å²) in [5.41, 5.74) is 3.32. The Hall–Kier alpha value is -3.21. The van der Waals surface area contributed by atoms with Gasteiger partial charge in [0.15, 0.2) is 0 Å². The SMILES string of the molecule is Cc1cccc(C)c1NC(=O)c1cccnc1Nc1ccccc1F. The van der Waals surface area contributed by atoms with Crippen LogP contribution >= 0.6 is 0 Å². The van der Waals surface area contributed by atoms with Gasteiger partial charge < -0.3 is 10.6 Å². The molecule has 126 valence electrons. The molecular weight excluding hydrogens is 317 g/mol. The first-order valence-electron chi connectivity index (χ1n) is 7.90. The largest absolute Gasteiger partial charge is 0.337 e. The monoisotopic (exact) mass is 335 g/mol. The Morgan fingerprint density at radius 1 is 0.960 bits per heavy atom. The van der Waals surface area contributed by atoms with Gasteiger partial charge in [-0.25, -0.2) is 9.37 Å². The molecule has 0 aliphatic heterocycles. The summed E-state index contributed by atoms with van der Waals surface area (Å²) in [6.07, 6.45) is 1.55. The van der Waals surface area contributed by atoms with Crippen LogP contribution in [0.3, 0.4) is 0 Å².